The number of nitrogens with one attached hydrogen (secondary N) is 1. The summed E-state index contributed by atoms with van der Waals surface area (Å²) >= 11 is 0. The lowest BCUT2D eigenvalue weighted by molar-refractivity contribution is 0.0965. The number of tetrazole rings is 1. The highest BCUT2D eigenvalue weighted by Crippen LogP contribution is 2.33. The molecule has 0 atom stereocenters. The summed E-state index contributed by atoms with van der Waals surface area (Å²) in [7, 11) is 0. The van der Waals surface area contributed by atoms with Gasteiger partial charge in [0.1, 0.15) is 17.2 Å². The Morgan fingerprint density at radius 3 is 2.41 bits per heavy atom. The van der Waals surface area contributed by atoms with Crippen molar-refractivity contribution < 1.29 is 19.4 Å². The number of rotatable bonds is 12. The van der Waals surface area contributed by atoms with Crippen molar-refractivity contribution in [3.8, 4) is 28.6 Å². The topological polar surface area (TPSA) is 110 Å². The number of phenolic OH excluding ortho intramolecular Hbond substituents is 1. The standard InChI is InChI=1S/C24H30N4O4/c1-4-19-22(12-11-20(23(19)30)21(29)15-16(2)3)32-14-6-5-13-31-18-9-7-17(8-10-18)24-25-27-28-26-24/h7-12,16,30H,4-6,13-15H2,1-3H3,(H,25,26,27,28). The van der Waals surface area contributed by atoms with Crippen LogP contribution in [0, 0.1) is 5.92 Å². The minimum atomic E-state index is -0.0405. The third kappa shape index (κ3) is 6.06. The summed E-state index contributed by atoms with van der Waals surface area (Å²) in [6.07, 6.45) is 2.63. The van der Waals surface area contributed by atoms with Gasteiger partial charge in [-0.1, -0.05) is 20.8 Å². The molecular weight excluding hydrogens is 408 g/mol. The van der Waals surface area contributed by atoms with Gasteiger partial charge in [-0.3, -0.25) is 4.79 Å². The molecule has 0 radical (unpaired) electrons. The predicted molar refractivity (Wildman–Crippen MR) is 121 cm³/mol. The van der Waals surface area contributed by atoms with E-state index < -0.39 is 0 Å². The van der Waals surface area contributed by atoms with Gasteiger partial charge in [0.25, 0.3) is 0 Å². The molecule has 0 saturated heterocycles. The Balaban J connectivity index is 1.44. The Labute approximate surface area is 188 Å². The first-order chi connectivity index (χ1) is 15.5. The number of Topliss-reactive ketones (excluding diaryl/α,β-unsaturated/α-hetero) is 1. The quantitative estimate of drug-likeness (QED) is 0.314. The van der Waals surface area contributed by atoms with Crippen LogP contribution in [0.4, 0.5) is 0 Å². The normalized spacial score (nSPS) is 11.0. The Morgan fingerprint density at radius 1 is 1.06 bits per heavy atom. The van der Waals surface area contributed by atoms with Crippen LogP contribution in [0.1, 0.15) is 56.0 Å². The number of hydrogen-bond donors (Lipinski definition) is 2. The number of nitrogens with zero attached hydrogens (tertiary/aromatic N) is 3. The molecule has 8 heteroatoms. The van der Waals surface area contributed by atoms with Crippen LogP contribution < -0.4 is 9.47 Å². The fourth-order valence-corrected chi connectivity index (χ4v) is 3.36. The molecule has 2 aromatic carbocycles. The molecule has 0 aliphatic carbocycles. The molecule has 0 spiro atoms. The molecule has 0 saturated carbocycles. The number of ketones is 1. The maximum Gasteiger partial charge on any atom is 0.204 e. The zero-order chi connectivity index (χ0) is 22.9. The summed E-state index contributed by atoms with van der Waals surface area (Å²) in [5.74, 6) is 2.20. The van der Waals surface area contributed by atoms with Crippen LogP contribution >= 0.6 is 0 Å². The van der Waals surface area contributed by atoms with Crippen molar-refractivity contribution in [1.29, 1.82) is 0 Å². The van der Waals surface area contributed by atoms with Gasteiger partial charge in [-0.2, -0.15) is 5.21 Å². The second-order valence-electron chi connectivity index (χ2n) is 7.98. The maximum absolute atomic E-state index is 12.4. The van der Waals surface area contributed by atoms with Gasteiger partial charge in [0.15, 0.2) is 5.78 Å². The molecule has 1 heterocycles. The summed E-state index contributed by atoms with van der Waals surface area (Å²) in [5, 5.41) is 24.4. The zero-order valence-electron chi connectivity index (χ0n) is 18.8. The van der Waals surface area contributed by atoms with Crippen LogP contribution in [-0.2, 0) is 6.42 Å². The molecule has 0 fully saturated rings. The Morgan fingerprint density at radius 2 is 1.78 bits per heavy atom. The average molecular weight is 439 g/mol. The largest absolute Gasteiger partial charge is 0.507 e. The smallest absolute Gasteiger partial charge is 0.204 e. The highest BCUT2D eigenvalue weighted by molar-refractivity contribution is 5.99. The monoisotopic (exact) mass is 438 g/mol. The van der Waals surface area contributed by atoms with Crippen molar-refractivity contribution in [2.24, 2.45) is 5.92 Å². The first-order valence-corrected chi connectivity index (χ1v) is 11.0. The van der Waals surface area contributed by atoms with Crippen LogP contribution in [0.25, 0.3) is 11.4 Å². The molecule has 32 heavy (non-hydrogen) atoms. The fourth-order valence-electron chi connectivity index (χ4n) is 3.36. The van der Waals surface area contributed by atoms with Crippen molar-refractivity contribution >= 4 is 5.78 Å². The van der Waals surface area contributed by atoms with Gasteiger partial charge >= 0.3 is 0 Å². The van der Waals surface area contributed by atoms with Crippen LogP contribution in [-0.4, -0.2) is 44.7 Å². The van der Waals surface area contributed by atoms with Crippen LogP contribution in [0.15, 0.2) is 36.4 Å². The van der Waals surface area contributed by atoms with Gasteiger partial charge in [0, 0.05) is 17.5 Å². The number of ether oxygens (including phenoxy) is 2. The van der Waals surface area contributed by atoms with Crippen molar-refractivity contribution in [1.82, 2.24) is 20.6 Å². The predicted octanol–water partition coefficient (Wildman–Crippen LogP) is 4.60. The molecule has 0 aliphatic heterocycles. The number of phenols is 1. The zero-order valence-corrected chi connectivity index (χ0v) is 18.8. The summed E-state index contributed by atoms with van der Waals surface area (Å²) in [6.45, 7) is 6.99. The lowest BCUT2D eigenvalue weighted by atomic mass is 9.97. The number of carbonyl (C=O) groups is 1. The number of benzene rings is 2. The van der Waals surface area contributed by atoms with Crippen molar-refractivity contribution in [2.45, 2.75) is 46.5 Å². The van der Waals surface area contributed by atoms with Crippen LogP contribution in [0.2, 0.25) is 0 Å². The molecule has 2 N–H and O–H groups in total. The van der Waals surface area contributed by atoms with E-state index in [4.69, 9.17) is 9.47 Å². The second-order valence-corrected chi connectivity index (χ2v) is 7.98. The minimum absolute atomic E-state index is 0.0405. The van der Waals surface area contributed by atoms with Crippen molar-refractivity contribution in [2.75, 3.05) is 13.2 Å². The first kappa shape index (κ1) is 23.2. The summed E-state index contributed by atoms with van der Waals surface area (Å²) in [5.41, 5.74) is 1.92. The van der Waals surface area contributed by atoms with Crippen LogP contribution in [0.3, 0.4) is 0 Å². The lowest BCUT2D eigenvalue weighted by Crippen LogP contribution is -2.07. The number of aromatic hydroxyl groups is 1. The van der Waals surface area contributed by atoms with Gasteiger partial charge in [-0.05, 0) is 66.8 Å². The summed E-state index contributed by atoms with van der Waals surface area (Å²) < 4.78 is 11.7. The second kappa shape index (κ2) is 11.3. The van der Waals surface area contributed by atoms with Crippen molar-refractivity contribution in [3.63, 3.8) is 0 Å². The third-order valence-corrected chi connectivity index (χ3v) is 5.01. The van der Waals surface area contributed by atoms with Gasteiger partial charge in [0.2, 0.25) is 5.82 Å². The molecule has 3 rings (SSSR count). The van der Waals surface area contributed by atoms with E-state index in [1.54, 1.807) is 12.1 Å². The number of unbranched alkanes of at least 4 members (excludes halogenated alkanes) is 1. The van der Waals surface area contributed by atoms with E-state index in [-0.39, 0.29) is 17.5 Å². The highest BCUT2D eigenvalue weighted by Gasteiger charge is 2.18. The molecular formula is C24H30N4O4. The van der Waals surface area contributed by atoms with Gasteiger partial charge < -0.3 is 14.6 Å². The Kier molecular flexibility index (Phi) is 8.19. The molecule has 3 aromatic rings. The number of hydrogen-bond acceptors (Lipinski definition) is 7. The van der Waals surface area contributed by atoms with Gasteiger partial charge in [-0.25, -0.2) is 0 Å². The SMILES string of the molecule is CCc1c(OCCCCOc2ccc(-c3nn[nH]n3)cc2)ccc(C(=O)CC(C)C)c1O. The Bertz CT molecular complexity index is 1000. The van der Waals surface area contributed by atoms with Crippen molar-refractivity contribution in [3.05, 3.63) is 47.5 Å². The van der Waals surface area contributed by atoms with Gasteiger partial charge in [0.05, 0.1) is 18.8 Å². The maximum atomic E-state index is 12.4. The molecule has 8 nitrogen and oxygen atoms in total. The minimum Gasteiger partial charge on any atom is -0.507 e. The van der Waals surface area contributed by atoms with E-state index in [1.165, 1.54) is 0 Å². The summed E-state index contributed by atoms with van der Waals surface area (Å²) in [4.78, 5) is 12.4. The van der Waals surface area contributed by atoms with Crippen LogP contribution in [0.5, 0.6) is 17.2 Å². The Hall–Kier alpha value is -3.42. The first-order valence-electron chi connectivity index (χ1n) is 11.0. The number of aromatic amines is 1. The van der Waals surface area contributed by atoms with E-state index in [1.807, 2.05) is 45.0 Å². The highest BCUT2D eigenvalue weighted by atomic mass is 16.5. The van der Waals surface area contributed by atoms with E-state index >= 15 is 0 Å². The average Bonchev–Trinajstić information content (AvgIpc) is 3.31. The van der Waals surface area contributed by atoms with Gasteiger partial charge in [-0.15, -0.1) is 10.2 Å². The van der Waals surface area contributed by atoms with E-state index in [9.17, 15) is 9.90 Å². The van der Waals surface area contributed by atoms with E-state index in [0.29, 0.717) is 48.8 Å². The van der Waals surface area contributed by atoms with E-state index in [2.05, 4.69) is 20.6 Å². The molecule has 0 amide bonds. The molecule has 1 aromatic heterocycles. The fraction of sp³-hybridized carbons (Fsp3) is 0.417. The number of carbonyl (C=O) groups excluding carboxylic acids is 1. The summed E-state index contributed by atoms with van der Waals surface area (Å²) in [6, 6.07) is 11.0. The molecule has 0 aliphatic rings. The molecule has 170 valence electrons. The van der Waals surface area contributed by atoms with E-state index in [0.717, 1.165) is 24.2 Å². The number of H-pyrrole nitrogens is 1. The number of aromatic nitrogens is 4. The third-order valence-electron chi connectivity index (χ3n) is 5.01. The molecule has 0 bridgehead atoms. The lowest BCUT2D eigenvalue weighted by Gasteiger charge is -2.15. The molecule has 0 unspecified atom stereocenters.